The van der Waals surface area contributed by atoms with Crippen molar-refractivity contribution in [2.75, 3.05) is 32.2 Å². The average Bonchev–Trinajstić information content (AvgIpc) is 3.04. The summed E-state index contributed by atoms with van der Waals surface area (Å²) in [5.41, 5.74) is 1.82. The number of carbonyl (C=O) groups is 2. The zero-order chi connectivity index (χ0) is 21.3. The molecule has 0 N–H and O–H groups in total. The summed E-state index contributed by atoms with van der Waals surface area (Å²) in [4.78, 5) is 30.4. The molecule has 1 saturated heterocycles. The Hall–Kier alpha value is -2.99. The van der Waals surface area contributed by atoms with Gasteiger partial charge >= 0.3 is 0 Å². The first-order chi connectivity index (χ1) is 14.6. The molecule has 2 aromatic carbocycles. The van der Waals surface area contributed by atoms with Crippen molar-refractivity contribution in [3.05, 3.63) is 58.7 Å². The summed E-state index contributed by atoms with van der Waals surface area (Å²) < 4.78 is 10.7. The number of imide groups is 1. The molecule has 0 radical (unpaired) electrons. The van der Waals surface area contributed by atoms with Crippen LogP contribution in [0.4, 0.5) is 5.69 Å². The standard InChI is InChI=1S/C23H23ClN2O4/c1-29-18-9-5-4-8-16(18)20-21(25-12-6-3-7-13-25)23(28)26(22(20)27)15-10-11-19(30-2)17(24)14-15/h4-5,8-11,14H,3,6-7,12-13H2,1-2H3. The molecule has 0 atom stereocenters. The van der Waals surface area contributed by atoms with Crippen LogP contribution in [-0.2, 0) is 9.59 Å². The van der Waals surface area contributed by atoms with E-state index in [9.17, 15) is 9.59 Å². The number of hydrogen-bond acceptors (Lipinski definition) is 5. The Morgan fingerprint density at radius 1 is 0.867 bits per heavy atom. The number of benzene rings is 2. The van der Waals surface area contributed by atoms with E-state index in [-0.39, 0.29) is 11.8 Å². The van der Waals surface area contributed by atoms with E-state index < -0.39 is 0 Å². The number of likely N-dealkylation sites (tertiary alicyclic amines) is 1. The number of para-hydroxylation sites is 1. The van der Waals surface area contributed by atoms with Crippen LogP contribution in [-0.4, -0.2) is 44.0 Å². The number of halogens is 1. The van der Waals surface area contributed by atoms with Crippen LogP contribution in [0.1, 0.15) is 24.8 Å². The van der Waals surface area contributed by atoms with Crippen LogP contribution in [0.15, 0.2) is 48.2 Å². The third kappa shape index (κ3) is 3.41. The molecule has 156 valence electrons. The molecule has 0 aliphatic carbocycles. The minimum atomic E-state index is -0.383. The lowest BCUT2D eigenvalue weighted by molar-refractivity contribution is -0.120. The van der Waals surface area contributed by atoms with Gasteiger partial charge in [-0.25, -0.2) is 4.90 Å². The summed E-state index contributed by atoms with van der Waals surface area (Å²) in [6, 6.07) is 12.2. The smallest absolute Gasteiger partial charge is 0.282 e. The highest BCUT2D eigenvalue weighted by atomic mass is 35.5. The monoisotopic (exact) mass is 426 g/mol. The number of rotatable bonds is 5. The topological polar surface area (TPSA) is 59.1 Å². The quantitative estimate of drug-likeness (QED) is 0.673. The van der Waals surface area contributed by atoms with Gasteiger partial charge in [0, 0.05) is 18.7 Å². The van der Waals surface area contributed by atoms with E-state index in [0.29, 0.717) is 39.0 Å². The van der Waals surface area contributed by atoms with Gasteiger partial charge in [0.15, 0.2) is 0 Å². The van der Waals surface area contributed by atoms with Crippen molar-refractivity contribution in [1.82, 2.24) is 4.90 Å². The zero-order valence-corrected chi connectivity index (χ0v) is 17.7. The molecule has 2 aliphatic rings. The molecule has 2 aromatic rings. The van der Waals surface area contributed by atoms with Crippen molar-refractivity contribution in [1.29, 1.82) is 0 Å². The van der Waals surface area contributed by atoms with Gasteiger partial charge < -0.3 is 14.4 Å². The van der Waals surface area contributed by atoms with E-state index in [1.54, 1.807) is 31.4 Å². The van der Waals surface area contributed by atoms with Crippen LogP contribution in [0.25, 0.3) is 5.57 Å². The fraction of sp³-hybridized carbons (Fsp3) is 0.304. The lowest BCUT2D eigenvalue weighted by Crippen LogP contribution is -2.37. The maximum Gasteiger partial charge on any atom is 0.282 e. The summed E-state index contributed by atoms with van der Waals surface area (Å²) in [7, 11) is 3.07. The molecule has 2 aliphatic heterocycles. The van der Waals surface area contributed by atoms with Gasteiger partial charge in [0.25, 0.3) is 11.8 Å². The summed E-state index contributed by atoms with van der Waals surface area (Å²) in [5, 5.41) is 0.334. The zero-order valence-electron chi connectivity index (χ0n) is 17.0. The highest BCUT2D eigenvalue weighted by Gasteiger charge is 2.43. The molecule has 2 heterocycles. The Balaban J connectivity index is 1.85. The number of methoxy groups -OCH3 is 2. The van der Waals surface area contributed by atoms with E-state index in [0.717, 1.165) is 32.4 Å². The predicted molar refractivity (Wildman–Crippen MR) is 116 cm³/mol. The second-order valence-corrected chi connectivity index (χ2v) is 7.64. The van der Waals surface area contributed by atoms with Gasteiger partial charge in [0.1, 0.15) is 17.2 Å². The maximum absolute atomic E-state index is 13.6. The van der Waals surface area contributed by atoms with Gasteiger partial charge in [0.05, 0.1) is 30.5 Å². The fourth-order valence-electron chi connectivity index (χ4n) is 4.05. The van der Waals surface area contributed by atoms with E-state index in [2.05, 4.69) is 0 Å². The van der Waals surface area contributed by atoms with E-state index in [4.69, 9.17) is 21.1 Å². The normalized spacial score (nSPS) is 17.0. The largest absolute Gasteiger partial charge is 0.496 e. The predicted octanol–water partition coefficient (Wildman–Crippen LogP) is 4.13. The molecule has 0 spiro atoms. The highest BCUT2D eigenvalue weighted by Crippen LogP contribution is 2.40. The number of carbonyl (C=O) groups excluding carboxylic acids is 2. The molecule has 30 heavy (non-hydrogen) atoms. The number of nitrogens with zero attached hydrogens (tertiary/aromatic N) is 2. The molecule has 1 fully saturated rings. The second kappa shape index (κ2) is 8.40. The Labute approximate surface area is 180 Å². The number of amides is 2. The minimum Gasteiger partial charge on any atom is -0.496 e. The van der Waals surface area contributed by atoms with Gasteiger partial charge in [0.2, 0.25) is 0 Å². The lowest BCUT2D eigenvalue weighted by atomic mass is 10.0. The average molecular weight is 427 g/mol. The first-order valence-electron chi connectivity index (χ1n) is 9.91. The van der Waals surface area contributed by atoms with Crippen LogP contribution >= 0.6 is 11.6 Å². The van der Waals surface area contributed by atoms with Crippen molar-refractivity contribution in [3.8, 4) is 11.5 Å². The van der Waals surface area contributed by atoms with Gasteiger partial charge in [-0.15, -0.1) is 0 Å². The molecule has 0 aromatic heterocycles. The SMILES string of the molecule is COc1ccc(N2C(=O)C(c3ccccc3OC)=C(N3CCCCC3)C2=O)cc1Cl. The summed E-state index contributed by atoms with van der Waals surface area (Å²) in [6.45, 7) is 1.48. The van der Waals surface area contributed by atoms with Gasteiger partial charge in [-0.1, -0.05) is 29.8 Å². The molecule has 4 rings (SSSR count). The molecule has 0 unspecified atom stereocenters. The maximum atomic E-state index is 13.6. The number of anilines is 1. The molecule has 7 heteroatoms. The fourth-order valence-corrected chi connectivity index (χ4v) is 4.30. The third-order valence-corrected chi connectivity index (χ3v) is 5.80. The van der Waals surface area contributed by atoms with Crippen LogP contribution in [0.3, 0.4) is 0 Å². The van der Waals surface area contributed by atoms with E-state index in [1.165, 1.54) is 12.0 Å². The van der Waals surface area contributed by atoms with Crippen LogP contribution in [0.2, 0.25) is 5.02 Å². The Morgan fingerprint density at radius 3 is 2.23 bits per heavy atom. The molecule has 0 saturated carbocycles. The Morgan fingerprint density at radius 2 is 1.57 bits per heavy atom. The van der Waals surface area contributed by atoms with E-state index >= 15 is 0 Å². The van der Waals surface area contributed by atoms with Crippen LogP contribution < -0.4 is 14.4 Å². The van der Waals surface area contributed by atoms with Gasteiger partial charge in [-0.3, -0.25) is 9.59 Å². The van der Waals surface area contributed by atoms with Crippen LogP contribution in [0, 0.1) is 0 Å². The number of ether oxygens (including phenoxy) is 2. The van der Waals surface area contributed by atoms with Crippen molar-refractivity contribution < 1.29 is 19.1 Å². The number of hydrogen-bond donors (Lipinski definition) is 0. The van der Waals surface area contributed by atoms with Crippen molar-refractivity contribution in [2.24, 2.45) is 0 Å². The van der Waals surface area contributed by atoms with E-state index in [1.807, 2.05) is 23.1 Å². The van der Waals surface area contributed by atoms with Crippen molar-refractivity contribution >= 4 is 34.7 Å². The Bertz CT molecular complexity index is 1030. The summed E-state index contributed by atoms with van der Waals surface area (Å²) in [6.07, 6.45) is 3.09. The van der Waals surface area contributed by atoms with Crippen molar-refractivity contribution in [3.63, 3.8) is 0 Å². The van der Waals surface area contributed by atoms with Gasteiger partial charge in [-0.05, 0) is 43.5 Å². The molecule has 2 amide bonds. The third-order valence-electron chi connectivity index (χ3n) is 5.50. The van der Waals surface area contributed by atoms with Gasteiger partial charge in [-0.2, -0.15) is 0 Å². The molecule has 6 nitrogen and oxygen atoms in total. The molecular weight excluding hydrogens is 404 g/mol. The second-order valence-electron chi connectivity index (χ2n) is 7.24. The molecule has 0 bridgehead atoms. The number of piperidine rings is 1. The summed E-state index contributed by atoms with van der Waals surface area (Å²) in [5.74, 6) is 0.307. The first-order valence-corrected chi connectivity index (χ1v) is 10.3. The Kier molecular flexibility index (Phi) is 5.68. The van der Waals surface area contributed by atoms with Crippen LogP contribution in [0.5, 0.6) is 11.5 Å². The minimum absolute atomic E-state index is 0.334. The lowest BCUT2D eigenvalue weighted by Gasteiger charge is -2.29. The van der Waals surface area contributed by atoms with Crippen molar-refractivity contribution in [2.45, 2.75) is 19.3 Å². The summed E-state index contributed by atoms with van der Waals surface area (Å²) >= 11 is 6.27. The first kappa shape index (κ1) is 20.3. The molecular formula is C23H23ClN2O4. The highest BCUT2D eigenvalue weighted by molar-refractivity contribution is 6.46.